The summed E-state index contributed by atoms with van der Waals surface area (Å²) in [5.41, 5.74) is 0.983. The van der Waals surface area contributed by atoms with Crippen LogP contribution in [0.3, 0.4) is 0 Å². The van der Waals surface area contributed by atoms with Gasteiger partial charge in [0.15, 0.2) is 5.11 Å². The van der Waals surface area contributed by atoms with Crippen molar-refractivity contribution in [3.05, 3.63) is 75.0 Å². The van der Waals surface area contributed by atoms with E-state index in [2.05, 4.69) is 42.6 Å². The number of nitrogens with one attached hydrogen (secondary N) is 1. The summed E-state index contributed by atoms with van der Waals surface area (Å²) in [6.07, 6.45) is 3.51. The highest BCUT2D eigenvalue weighted by Gasteiger charge is 2.40. The second-order valence-corrected chi connectivity index (χ2v) is 7.75. The third-order valence-electron chi connectivity index (χ3n) is 3.98. The zero-order valence-corrected chi connectivity index (χ0v) is 15.8. The van der Waals surface area contributed by atoms with Crippen LogP contribution >= 0.6 is 39.5 Å². The lowest BCUT2D eigenvalue weighted by atomic mass is 10.0. The molecule has 7 heteroatoms. The van der Waals surface area contributed by atoms with Gasteiger partial charge in [-0.05, 0) is 58.5 Å². The lowest BCUT2D eigenvalue weighted by Crippen LogP contribution is -2.28. The maximum Gasteiger partial charge on any atom is 0.170 e. The van der Waals surface area contributed by atoms with Crippen LogP contribution < -0.4 is 5.32 Å². The first-order chi connectivity index (χ1) is 11.7. The van der Waals surface area contributed by atoms with E-state index in [0.29, 0.717) is 6.54 Å². The van der Waals surface area contributed by atoms with Gasteiger partial charge >= 0.3 is 0 Å². The third-order valence-corrected chi connectivity index (χ3v) is 6.10. The second-order valence-electron chi connectivity index (χ2n) is 5.50. The summed E-state index contributed by atoms with van der Waals surface area (Å²) in [6, 6.07) is 12.1. The molecule has 1 N–H and O–H groups in total. The second kappa shape index (κ2) is 6.66. The molecule has 1 fully saturated rings. The average Bonchev–Trinajstić information content (AvgIpc) is 3.31. The van der Waals surface area contributed by atoms with Gasteiger partial charge in [-0.25, -0.2) is 0 Å². The monoisotopic (exact) mass is 419 g/mol. The van der Waals surface area contributed by atoms with Gasteiger partial charge in [0, 0.05) is 20.9 Å². The van der Waals surface area contributed by atoms with Gasteiger partial charge in [-0.15, -0.1) is 11.3 Å². The number of aromatic nitrogens is 1. The van der Waals surface area contributed by atoms with Gasteiger partial charge in [-0.2, -0.15) is 0 Å². The lowest BCUT2D eigenvalue weighted by Gasteiger charge is -2.26. The van der Waals surface area contributed by atoms with E-state index in [0.717, 1.165) is 21.0 Å². The molecule has 0 unspecified atom stereocenters. The van der Waals surface area contributed by atoms with Gasteiger partial charge in [0.2, 0.25) is 0 Å². The molecule has 1 aliphatic heterocycles. The predicted molar refractivity (Wildman–Crippen MR) is 102 cm³/mol. The Hall–Kier alpha value is -1.70. The number of hydrogen-bond acceptors (Lipinski definition) is 4. The number of furan rings is 1. The molecule has 0 saturated carbocycles. The molecule has 0 amide bonds. The van der Waals surface area contributed by atoms with E-state index >= 15 is 0 Å². The van der Waals surface area contributed by atoms with Crippen molar-refractivity contribution in [2.24, 2.45) is 0 Å². The van der Waals surface area contributed by atoms with Gasteiger partial charge in [-0.1, -0.05) is 6.07 Å². The van der Waals surface area contributed by atoms with E-state index in [1.54, 1.807) is 17.6 Å². The van der Waals surface area contributed by atoms with Gasteiger partial charge in [0.1, 0.15) is 5.76 Å². The van der Waals surface area contributed by atoms with E-state index in [9.17, 15) is 0 Å². The fourth-order valence-corrected chi connectivity index (χ4v) is 4.84. The van der Waals surface area contributed by atoms with Crippen LogP contribution in [0, 0.1) is 0 Å². The standard InChI is InChI=1S/C17H14BrN3OS2/c18-11-8-14(24-10-11)16-15(13-5-1-2-6-19-13)20-17(23)21(16)9-12-4-3-7-22-12/h1-8,10,15-16H,9H2,(H,20,23)/t15-,16-/m1/s1. The van der Waals surface area contributed by atoms with E-state index < -0.39 is 0 Å². The van der Waals surface area contributed by atoms with E-state index in [1.807, 2.05) is 36.5 Å². The zero-order valence-electron chi connectivity index (χ0n) is 12.6. The van der Waals surface area contributed by atoms with Gasteiger partial charge in [0.05, 0.1) is 30.6 Å². The third kappa shape index (κ3) is 2.99. The Balaban J connectivity index is 1.73. The maximum atomic E-state index is 5.61. The molecule has 4 heterocycles. The van der Waals surface area contributed by atoms with Crippen LogP contribution in [-0.4, -0.2) is 15.0 Å². The van der Waals surface area contributed by atoms with Crippen molar-refractivity contribution in [3.63, 3.8) is 0 Å². The lowest BCUT2D eigenvalue weighted by molar-refractivity contribution is 0.291. The first-order valence-corrected chi connectivity index (χ1v) is 9.55. The average molecular weight is 420 g/mol. The van der Waals surface area contributed by atoms with Crippen molar-refractivity contribution >= 4 is 44.6 Å². The molecular weight excluding hydrogens is 406 g/mol. The normalized spacial score (nSPS) is 20.4. The van der Waals surface area contributed by atoms with E-state index in [4.69, 9.17) is 16.6 Å². The van der Waals surface area contributed by atoms with Crippen LogP contribution in [0.5, 0.6) is 0 Å². The summed E-state index contributed by atoms with van der Waals surface area (Å²) >= 11 is 10.9. The zero-order chi connectivity index (χ0) is 16.5. The SMILES string of the molecule is S=C1N[C@H](c2ccccn2)[C@@H](c2cc(Br)cs2)N1Cc1ccco1. The summed E-state index contributed by atoms with van der Waals surface area (Å²) in [4.78, 5) is 7.94. The van der Waals surface area contributed by atoms with E-state index in [1.165, 1.54) is 4.88 Å². The molecule has 0 radical (unpaired) electrons. The number of thiophene rings is 1. The highest BCUT2D eigenvalue weighted by atomic mass is 79.9. The molecule has 4 nitrogen and oxygen atoms in total. The first-order valence-electron chi connectivity index (χ1n) is 7.47. The Labute approximate surface area is 157 Å². The number of hydrogen-bond donors (Lipinski definition) is 1. The largest absolute Gasteiger partial charge is 0.467 e. The summed E-state index contributed by atoms with van der Waals surface area (Å²) in [7, 11) is 0. The molecule has 0 spiro atoms. The van der Waals surface area contributed by atoms with Crippen LogP contribution in [0.2, 0.25) is 0 Å². The summed E-state index contributed by atoms with van der Waals surface area (Å²) in [5.74, 6) is 0.890. The Morgan fingerprint density at radius 1 is 1.33 bits per heavy atom. The topological polar surface area (TPSA) is 41.3 Å². The Bertz CT molecular complexity index is 835. The van der Waals surface area contributed by atoms with Gasteiger partial charge in [0.25, 0.3) is 0 Å². The fraction of sp³-hybridized carbons (Fsp3) is 0.176. The number of nitrogens with zero attached hydrogens (tertiary/aromatic N) is 2. The van der Waals surface area contributed by atoms with Crippen molar-refractivity contribution in [3.8, 4) is 0 Å². The quantitative estimate of drug-likeness (QED) is 0.622. The van der Waals surface area contributed by atoms with Crippen LogP contribution in [0.25, 0.3) is 0 Å². The highest BCUT2D eigenvalue weighted by Crippen LogP contribution is 2.42. The summed E-state index contributed by atoms with van der Waals surface area (Å²) in [5, 5.41) is 6.25. The number of pyridine rings is 1. The number of halogens is 1. The van der Waals surface area contributed by atoms with Crippen LogP contribution in [-0.2, 0) is 6.54 Å². The predicted octanol–water partition coefficient (Wildman–Crippen LogP) is 4.67. The molecule has 0 aromatic carbocycles. The van der Waals surface area contributed by atoms with Crippen molar-refractivity contribution < 1.29 is 4.42 Å². The minimum atomic E-state index is 0.0132. The Kier molecular flexibility index (Phi) is 4.39. The fourth-order valence-electron chi connectivity index (χ4n) is 2.94. The molecule has 0 bridgehead atoms. The molecule has 3 aromatic rings. The molecule has 3 aromatic heterocycles. The number of thiocarbonyl (C=S) groups is 1. The summed E-state index contributed by atoms with van der Waals surface area (Å²) in [6.45, 7) is 0.627. The molecule has 0 aliphatic carbocycles. The van der Waals surface area contributed by atoms with E-state index in [-0.39, 0.29) is 12.1 Å². The molecular formula is C17H14BrN3OS2. The molecule has 4 rings (SSSR count). The Morgan fingerprint density at radius 2 is 2.25 bits per heavy atom. The molecule has 2 atom stereocenters. The van der Waals surface area contributed by atoms with Crippen LogP contribution in [0.15, 0.2) is 63.1 Å². The summed E-state index contributed by atoms with van der Waals surface area (Å²) < 4.78 is 6.61. The van der Waals surface area contributed by atoms with Gasteiger partial charge < -0.3 is 14.6 Å². The van der Waals surface area contributed by atoms with Crippen molar-refractivity contribution in [1.82, 2.24) is 15.2 Å². The molecule has 1 aliphatic rings. The highest BCUT2D eigenvalue weighted by molar-refractivity contribution is 9.10. The van der Waals surface area contributed by atoms with Gasteiger partial charge in [-0.3, -0.25) is 4.98 Å². The van der Waals surface area contributed by atoms with Crippen molar-refractivity contribution in [2.75, 3.05) is 0 Å². The van der Waals surface area contributed by atoms with Crippen LogP contribution in [0.1, 0.15) is 28.4 Å². The van der Waals surface area contributed by atoms with Crippen molar-refractivity contribution in [1.29, 1.82) is 0 Å². The molecule has 122 valence electrons. The molecule has 1 saturated heterocycles. The smallest absolute Gasteiger partial charge is 0.170 e. The minimum Gasteiger partial charge on any atom is -0.467 e. The number of rotatable bonds is 4. The maximum absolute atomic E-state index is 5.61. The Morgan fingerprint density at radius 3 is 2.92 bits per heavy atom. The first kappa shape index (κ1) is 15.8. The van der Waals surface area contributed by atoms with Crippen LogP contribution in [0.4, 0.5) is 0 Å². The van der Waals surface area contributed by atoms with Crippen molar-refractivity contribution in [2.45, 2.75) is 18.6 Å². The molecule has 24 heavy (non-hydrogen) atoms. The minimum absolute atomic E-state index is 0.0132.